The average molecular weight is 507 g/mol. The fourth-order valence-corrected chi connectivity index (χ4v) is 3.78. The third kappa shape index (κ3) is 6.69. The van der Waals surface area contributed by atoms with E-state index in [0.717, 1.165) is 5.56 Å². The predicted molar refractivity (Wildman–Crippen MR) is 141 cm³/mol. The molecule has 0 aromatic heterocycles. The van der Waals surface area contributed by atoms with E-state index in [1.807, 2.05) is 25.1 Å². The molecule has 0 aliphatic heterocycles. The zero-order valence-corrected chi connectivity index (χ0v) is 20.9. The zero-order valence-electron chi connectivity index (χ0n) is 20.9. The molecule has 6 N–H and O–H groups in total. The number of nitrogens with one attached hydrogen (secondary N) is 1. The molecule has 3 amide bonds. The van der Waals surface area contributed by atoms with Crippen molar-refractivity contribution in [2.45, 2.75) is 26.3 Å². The van der Waals surface area contributed by atoms with Crippen molar-refractivity contribution in [3.63, 3.8) is 0 Å². The molecule has 3 rings (SSSR count). The standard InChI is InChI=1S/C27H30N4O6/c1-16-6-4-5-7-21(16)31(27(29)35)22-10-8-18(12-24(22)36-3)13-25(32)30-17(2)15-37-23-11-9-19(26(33)34)14-20(23)28/h4-12,14,17H,13,15,28H2,1-3H3,(H2,29,35)(H,30,32)(H,33,34). The second kappa shape index (κ2) is 11.8. The van der Waals surface area contributed by atoms with Crippen molar-refractivity contribution < 1.29 is 29.0 Å². The van der Waals surface area contributed by atoms with Crippen molar-refractivity contribution >= 4 is 35.0 Å². The second-order valence-corrected chi connectivity index (χ2v) is 8.48. The van der Waals surface area contributed by atoms with Crippen LogP contribution in [0.5, 0.6) is 11.5 Å². The summed E-state index contributed by atoms with van der Waals surface area (Å²) in [6, 6.07) is 15.6. The summed E-state index contributed by atoms with van der Waals surface area (Å²) in [5.74, 6) is -0.602. The topological polar surface area (TPSA) is 157 Å². The first-order valence-electron chi connectivity index (χ1n) is 11.5. The number of anilines is 3. The number of ether oxygens (including phenoxy) is 2. The number of urea groups is 1. The largest absolute Gasteiger partial charge is 0.495 e. The van der Waals surface area contributed by atoms with Crippen LogP contribution in [-0.4, -0.2) is 42.8 Å². The summed E-state index contributed by atoms with van der Waals surface area (Å²) in [6.07, 6.45) is 0.0668. The number of nitrogen functional groups attached to an aromatic ring is 1. The lowest BCUT2D eigenvalue weighted by atomic mass is 10.1. The Hall–Kier alpha value is -4.73. The summed E-state index contributed by atoms with van der Waals surface area (Å²) in [5.41, 5.74) is 14.4. The highest BCUT2D eigenvalue weighted by Crippen LogP contribution is 2.36. The minimum atomic E-state index is -1.08. The Morgan fingerprint density at radius 1 is 1.03 bits per heavy atom. The monoisotopic (exact) mass is 506 g/mol. The number of nitrogens with zero attached hydrogens (tertiary/aromatic N) is 1. The van der Waals surface area contributed by atoms with Crippen LogP contribution < -0.4 is 31.2 Å². The molecule has 1 unspecified atom stereocenters. The van der Waals surface area contributed by atoms with Crippen molar-refractivity contribution in [1.82, 2.24) is 5.32 Å². The predicted octanol–water partition coefficient (Wildman–Crippen LogP) is 3.63. The molecular formula is C27H30N4O6. The Morgan fingerprint density at radius 3 is 2.38 bits per heavy atom. The molecule has 0 aliphatic carbocycles. The number of hydrogen-bond donors (Lipinski definition) is 4. The summed E-state index contributed by atoms with van der Waals surface area (Å²) in [5, 5.41) is 11.9. The number of carbonyl (C=O) groups excluding carboxylic acids is 2. The van der Waals surface area contributed by atoms with Gasteiger partial charge in [-0.2, -0.15) is 0 Å². The number of carbonyl (C=O) groups is 3. The van der Waals surface area contributed by atoms with Crippen molar-refractivity contribution in [1.29, 1.82) is 0 Å². The van der Waals surface area contributed by atoms with E-state index in [1.165, 1.54) is 30.2 Å². The molecule has 194 valence electrons. The summed E-state index contributed by atoms with van der Waals surface area (Å²) in [7, 11) is 1.48. The molecule has 1 atom stereocenters. The third-order valence-electron chi connectivity index (χ3n) is 5.58. The third-order valence-corrected chi connectivity index (χ3v) is 5.58. The lowest BCUT2D eigenvalue weighted by Crippen LogP contribution is -2.37. The van der Waals surface area contributed by atoms with Gasteiger partial charge in [0.1, 0.15) is 18.1 Å². The smallest absolute Gasteiger partial charge is 0.335 e. The highest BCUT2D eigenvalue weighted by Gasteiger charge is 2.21. The van der Waals surface area contributed by atoms with E-state index in [-0.39, 0.29) is 36.2 Å². The first kappa shape index (κ1) is 26.9. The summed E-state index contributed by atoms with van der Waals surface area (Å²) in [6.45, 7) is 3.78. The van der Waals surface area contributed by atoms with Gasteiger partial charge in [-0.05, 0) is 61.4 Å². The van der Waals surface area contributed by atoms with Gasteiger partial charge in [0, 0.05) is 0 Å². The van der Waals surface area contributed by atoms with E-state index >= 15 is 0 Å². The lowest BCUT2D eigenvalue weighted by molar-refractivity contribution is -0.121. The number of rotatable bonds is 10. The summed E-state index contributed by atoms with van der Waals surface area (Å²) in [4.78, 5) is 37.3. The Balaban J connectivity index is 1.66. The van der Waals surface area contributed by atoms with E-state index in [2.05, 4.69) is 5.32 Å². The van der Waals surface area contributed by atoms with Crippen LogP contribution in [0.4, 0.5) is 21.9 Å². The number of methoxy groups -OCH3 is 1. The molecule has 0 aliphatic rings. The van der Waals surface area contributed by atoms with Crippen LogP contribution in [0.3, 0.4) is 0 Å². The fourth-order valence-electron chi connectivity index (χ4n) is 3.78. The van der Waals surface area contributed by atoms with E-state index in [9.17, 15) is 14.4 Å². The van der Waals surface area contributed by atoms with Crippen molar-refractivity contribution in [3.05, 3.63) is 77.4 Å². The number of hydrogen-bond acceptors (Lipinski definition) is 6. The van der Waals surface area contributed by atoms with Crippen LogP contribution >= 0.6 is 0 Å². The Morgan fingerprint density at radius 2 is 1.76 bits per heavy atom. The molecule has 0 bridgehead atoms. The molecule has 0 spiro atoms. The number of nitrogens with two attached hydrogens (primary N) is 2. The minimum absolute atomic E-state index is 0.0606. The van der Waals surface area contributed by atoms with Crippen molar-refractivity contribution in [2.24, 2.45) is 5.73 Å². The first-order valence-corrected chi connectivity index (χ1v) is 11.5. The number of aryl methyl sites for hydroxylation is 1. The minimum Gasteiger partial charge on any atom is -0.495 e. The number of carboxylic acid groups (broad SMARTS) is 1. The molecule has 3 aromatic carbocycles. The molecule has 0 fully saturated rings. The van der Waals surface area contributed by atoms with Crippen LogP contribution in [0.15, 0.2) is 60.7 Å². The number of primary amides is 1. The van der Waals surface area contributed by atoms with Crippen molar-refractivity contribution in [3.8, 4) is 11.5 Å². The fraction of sp³-hybridized carbons (Fsp3) is 0.222. The van der Waals surface area contributed by atoms with Gasteiger partial charge in [0.2, 0.25) is 5.91 Å². The van der Waals surface area contributed by atoms with Crippen LogP contribution in [0.1, 0.15) is 28.4 Å². The van der Waals surface area contributed by atoms with Crippen LogP contribution in [0.25, 0.3) is 0 Å². The molecular weight excluding hydrogens is 476 g/mol. The van der Waals surface area contributed by atoms with E-state index in [0.29, 0.717) is 28.4 Å². The Kier molecular flexibility index (Phi) is 8.57. The quantitative estimate of drug-likeness (QED) is 0.306. The first-order chi connectivity index (χ1) is 17.6. The average Bonchev–Trinajstić information content (AvgIpc) is 2.84. The molecule has 0 radical (unpaired) electrons. The molecule has 0 saturated carbocycles. The van der Waals surface area contributed by atoms with Gasteiger partial charge in [-0.25, -0.2) is 9.59 Å². The maximum Gasteiger partial charge on any atom is 0.335 e. The normalized spacial score (nSPS) is 11.3. The van der Waals surface area contributed by atoms with Gasteiger partial charge in [0.15, 0.2) is 0 Å². The molecule has 0 saturated heterocycles. The molecule has 10 nitrogen and oxygen atoms in total. The molecule has 3 aromatic rings. The number of carboxylic acids is 1. The van der Waals surface area contributed by atoms with Crippen LogP contribution in [-0.2, 0) is 11.2 Å². The molecule has 0 heterocycles. The highest BCUT2D eigenvalue weighted by molar-refractivity contribution is 6.00. The van der Waals surface area contributed by atoms with Gasteiger partial charge in [0.25, 0.3) is 0 Å². The number of para-hydroxylation sites is 1. The Bertz CT molecular complexity index is 1310. The second-order valence-electron chi connectivity index (χ2n) is 8.48. The number of aromatic carboxylic acids is 1. The van der Waals surface area contributed by atoms with Gasteiger partial charge >= 0.3 is 12.0 Å². The zero-order chi connectivity index (χ0) is 27.1. The SMILES string of the molecule is COc1cc(CC(=O)NC(C)COc2ccc(C(=O)O)cc2N)ccc1N(C(N)=O)c1ccccc1C. The highest BCUT2D eigenvalue weighted by atomic mass is 16.5. The number of benzene rings is 3. The van der Waals surface area contributed by atoms with Crippen LogP contribution in [0, 0.1) is 6.92 Å². The van der Waals surface area contributed by atoms with Gasteiger partial charge in [-0.15, -0.1) is 0 Å². The van der Waals surface area contributed by atoms with Gasteiger partial charge in [-0.3, -0.25) is 9.69 Å². The lowest BCUT2D eigenvalue weighted by Gasteiger charge is -2.24. The molecule has 37 heavy (non-hydrogen) atoms. The van der Waals surface area contributed by atoms with Gasteiger partial charge in [-0.1, -0.05) is 24.3 Å². The van der Waals surface area contributed by atoms with E-state index in [1.54, 1.807) is 31.2 Å². The maximum absolute atomic E-state index is 12.6. The summed E-state index contributed by atoms with van der Waals surface area (Å²) < 4.78 is 11.1. The van der Waals surface area contributed by atoms with Gasteiger partial charge < -0.3 is 31.4 Å². The Labute approximate surface area is 214 Å². The van der Waals surface area contributed by atoms with E-state index in [4.69, 9.17) is 26.0 Å². The molecule has 10 heteroatoms. The maximum atomic E-state index is 12.6. The van der Waals surface area contributed by atoms with Crippen molar-refractivity contribution in [2.75, 3.05) is 24.4 Å². The number of amides is 3. The van der Waals surface area contributed by atoms with Gasteiger partial charge in [0.05, 0.1) is 42.2 Å². The van der Waals surface area contributed by atoms with E-state index < -0.39 is 12.0 Å². The van der Waals surface area contributed by atoms with Crippen LogP contribution in [0.2, 0.25) is 0 Å². The summed E-state index contributed by atoms with van der Waals surface area (Å²) >= 11 is 0.